The Bertz CT molecular complexity index is 813. The molecule has 158 valence electrons. The summed E-state index contributed by atoms with van der Waals surface area (Å²) in [6.45, 7) is 2.73. The van der Waals surface area contributed by atoms with Crippen molar-refractivity contribution in [2.75, 3.05) is 32.6 Å². The Hall–Kier alpha value is -2.74. The van der Waals surface area contributed by atoms with Crippen LogP contribution in [0, 0.1) is 13.8 Å². The van der Waals surface area contributed by atoms with Crippen LogP contribution in [-0.4, -0.2) is 44.3 Å². The fourth-order valence-electron chi connectivity index (χ4n) is 3.00. The van der Waals surface area contributed by atoms with Gasteiger partial charge in [-0.3, -0.25) is 9.69 Å². The summed E-state index contributed by atoms with van der Waals surface area (Å²) in [6.07, 6.45) is -4.38. The van der Waals surface area contributed by atoms with E-state index in [1.54, 1.807) is 64.4 Å². The number of carbonyl (C=O) groups is 1. The van der Waals surface area contributed by atoms with Gasteiger partial charge in [0.15, 0.2) is 6.61 Å². The van der Waals surface area contributed by atoms with Crippen LogP contribution in [0.4, 0.5) is 18.9 Å². The highest BCUT2D eigenvalue weighted by molar-refractivity contribution is 5.92. The summed E-state index contributed by atoms with van der Waals surface area (Å²) in [6, 6.07) is 10.6. The van der Waals surface area contributed by atoms with Crippen LogP contribution in [0.5, 0.6) is 11.5 Å². The Kier molecular flexibility index (Phi) is 7.50. The lowest BCUT2D eigenvalue weighted by molar-refractivity contribution is -0.153. The number of halogens is 3. The zero-order valence-electron chi connectivity index (χ0n) is 16.9. The topological polar surface area (TPSA) is 50.8 Å². The standard InChI is InChI=1S/C21H25F3N2O3/c1-14-9-16(10-15(2)20(14)29-13-21(22,23)24)11-26(3)12-19(27)25-17-5-7-18(28-4)8-6-17/h5-10H,11-13H2,1-4H3,(H,25,27). The van der Waals surface area contributed by atoms with Crippen molar-refractivity contribution in [1.82, 2.24) is 4.90 Å². The molecule has 2 aromatic rings. The van der Waals surface area contributed by atoms with Gasteiger partial charge in [0.2, 0.25) is 5.91 Å². The minimum atomic E-state index is -4.38. The SMILES string of the molecule is COc1ccc(NC(=O)CN(C)Cc2cc(C)c(OCC(F)(F)F)c(C)c2)cc1. The predicted molar refractivity (Wildman–Crippen MR) is 105 cm³/mol. The number of amides is 1. The molecule has 2 rings (SSSR count). The molecular formula is C21H25F3N2O3. The molecule has 29 heavy (non-hydrogen) atoms. The van der Waals surface area contributed by atoms with Crippen molar-refractivity contribution in [2.24, 2.45) is 0 Å². The summed E-state index contributed by atoms with van der Waals surface area (Å²) in [7, 11) is 3.37. The first-order chi connectivity index (χ1) is 13.6. The number of aryl methyl sites for hydroxylation is 2. The minimum Gasteiger partial charge on any atom is -0.497 e. The third-order valence-electron chi connectivity index (χ3n) is 4.14. The van der Waals surface area contributed by atoms with Crippen LogP contribution < -0.4 is 14.8 Å². The number of nitrogens with zero attached hydrogens (tertiary/aromatic N) is 1. The average Bonchev–Trinajstić information content (AvgIpc) is 2.60. The van der Waals surface area contributed by atoms with Crippen molar-refractivity contribution in [1.29, 1.82) is 0 Å². The third kappa shape index (κ3) is 7.30. The van der Waals surface area contributed by atoms with E-state index in [4.69, 9.17) is 9.47 Å². The first-order valence-corrected chi connectivity index (χ1v) is 8.99. The molecule has 0 aliphatic rings. The summed E-state index contributed by atoms with van der Waals surface area (Å²) < 4.78 is 47.2. The lowest BCUT2D eigenvalue weighted by atomic mass is 10.1. The number of alkyl halides is 3. The maximum absolute atomic E-state index is 12.4. The van der Waals surface area contributed by atoms with E-state index in [1.807, 2.05) is 4.90 Å². The number of hydrogen-bond donors (Lipinski definition) is 1. The van der Waals surface area contributed by atoms with Crippen LogP contribution in [0.3, 0.4) is 0 Å². The molecule has 0 saturated heterocycles. The van der Waals surface area contributed by atoms with E-state index >= 15 is 0 Å². The number of anilines is 1. The molecule has 0 bridgehead atoms. The van der Waals surface area contributed by atoms with Crippen LogP contribution in [0.15, 0.2) is 36.4 Å². The number of ether oxygens (including phenoxy) is 2. The van der Waals surface area contributed by atoms with Gasteiger partial charge in [-0.25, -0.2) is 0 Å². The Morgan fingerprint density at radius 2 is 1.69 bits per heavy atom. The molecular weight excluding hydrogens is 385 g/mol. The zero-order chi connectivity index (χ0) is 21.6. The molecule has 1 amide bonds. The quantitative estimate of drug-likeness (QED) is 0.704. The largest absolute Gasteiger partial charge is 0.497 e. The Balaban J connectivity index is 1.93. The average molecular weight is 410 g/mol. The molecule has 8 heteroatoms. The van der Waals surface area contributed by atoms with Gasteiger partial charge in [0, 0.05) is 12.2 Å². The van der Waals surface area contributed by atoms with Gasteiger partial charge in [0.1, 0.15) is 11.5 Å². The van der Waals surface area contributed by atoms with Crippen LogP contribution in [0.1, 0.15) is 16.7 Å². The summed E-state index contributed by atoms with van der Waals surface area (Å²) in [5.41, 5.74) is 2.81. The van der Waals surface area contributed by atoms with Gasteiger partial charge < -0.3 is 14.8 Å². The molecule has 0 fully saturated rings. The fourth-order valence-corrected chi connectivity index (χ4v) is 3.00. The van der Waals surface area contributed by atoms with E-state index in [0.717, 1.165) is 5.56 Å². The van der Waals surface area contributed by atoms with Crippen molar-refractivity contribution in [3.63, 3.8) is 0 Å². The first-order valence-electron chi connectivity index (χ1n) is 8.99. The van der Waals surface area contributed by atoms with Crippen LogP contribution in [0.25, 0.3) is 0 Å². The molecule has 0 spiro atoms. The fraction of sp³-hybridized carbons (Fsp3) is 0.381. The summed E-state index contributed by atoms with van der Waals surface area (Å²) in [5.74, 6) is 0.774. The Labute approximate surface area is 168 Å². The highest BCUT2D eigenvalue weighted by Gasteiger charge is 2.29. The van der Waals surface area contributed by atoms with Gasteiger partial charge >= 0.3 is 6.18 Å². The van der Waals surface area contributed by atoms with Crippen LogP contribution in [-0.2, 0) is 11.3 Å². The smallest absolute Gasteiger partial charge is 0.422 e. The molecule has 5 nitrogen and oxygen atoms in total. The lowest BCUT2D eigenvalue weighted by Crippen LogP contribution is -2.29. The molecule has 1 N–H and O–H groups in total. The molecule has 0 heterocycles. The highest BCUT2D eigenvalue weighted by Crippen LogP contribution is 2.27. The predicted octanol–water partition coefficient (Wildman–Crippen LogP) is 4.32. The maximum atomic E-state index is 12.4. The van der Waals surface area contributed by atoms with Gasteiger partial charge in [-0.1, -0.05) is 12.1 Å². The summed E-state index contributed by atoms with van der Waals surface area (Å²) >= 11 is 0. The van der Waals surface area contributed by atoms with Crippen molar-refractivity contribution in [3.8, 4) is 11.5 Å². The molecule has 0 radical (unpaired) electrons. The second-order valence-electron chi connectivity index (χ2n) is 6.91. The van der Waals surface area contributed by atoms with Crippen molar-refractivity contribution >= 4 is 11.6 Å². The van der Waals surface area contributed by atoms with Crippen LogP contribution in [0.2, 0.25) is 0 Å². The molecule has 0 saturated carbocycles. The number of likely N-dealkylation sites (N-methyl/N-ethyl adjacent to an activating group) is 1. The number of benzene rings is 2. The molecule has 0 aliphatic heterocycles. The number of hydrogen-bond acceptors (Lipinski definition) is 4. The van der Waals surface area contributed by atoms with E-state index in [1.165, 1.54) is 0 Å². The van der Waals surface area contributed by atoms with Crippen LogP contribution >= 0.6 is 0 Å². The van der Waals surface area contributed by atoms with Gasteiger partial charge in [-0.05, 0) is 61.9 Å². The van der Waals surface area contributed by atoms with Gasteiger partial charge in [0.05, 0.1) is 13.7 Å². The van der Waals surface area contributed by atoms with Gasteiger partial charge in [0.25, 0.3) is 0 Å². The van der Waals surface area contributed by atoms with Gasteiger partial charge in [-0.15, -0.1) is 0 Å². The van der Waals surface area contributed by atoms with Crippen molar-refractivity contribution < 1.29 is 27.4 Å². The normalized spacial score (nSPS) is 11.4. The third-order valence-corrected chi connectivity index (χ3v) is 4.14. The number of rotatable bonds is 8. The Morgan fingerprint density at radius 3 is 2.21 bits per heavy atom. The monoisotopic (exact) mass is 410 g/mol. The number of nitrogens with one attached hydrogen (secondary N) is 1. The van der Waals surface area contributed by atoms with E-state index in [0.29, 0.717) is 29.1 Å². The molecule has 0 aliphatic carbocycles. The molecule has 0 atom stereocenters. The summed E-state index contributed by atoms with van der Waals surface area (Å²) in [5, 5.41) is 2.81. The Morgan fingerprint density at radius 1 is 1.10 bits per heavy atom. The number of carbonyl (C=O) groups excluding carboxylic acids is 1. The second-order valence-corrected chi connectivity index (χ2v) is 6.91. The minimum absolute atomic E-state index is 0.163. The van der Waals surface area contributed by atoms with Crippen molar-refractivity contribution in [2.45, 2.75) is 26.6 Å². The number of methoxy groups -OCH3 is 1. The lowest BCUT2D eigenvalue weighted by Gasteiger charge is -2.19. The van der Waals surface area contributed by atoms with E-state index < -0.39 is 12.8 Å². The maximum Gasteiger partial charge on any atom is 0.422 e. The summed E-state index contributed by atoms with van der Waals surface area (Å²) in [4.78, 5) is 14.0. The highest BCUT2D eigenvalue weighted by atomic mass is 19.4. The van der Waals surface area contributed by atoms with E-state index in [9.17, 15) is 18.0 Å². The van der Waals surface area contributed by atoms with Gasteiger partial charge in [-0.2, -0.15) is 13.2 Å². The van der Waals surface area contributed by atoms with E-state index in [-0.39, 0.29) is 18.2 Å². The molecule has 0 aromatic heterocycles. The second kappa shape index (κ2) is 9.65. The first kappa shape index (κ1) is 22.5. The van der Waals surface area contributed by atoms with E-state index in [2.05, 4.69) is 5.32 Å². The molecule has 0 unspecified atom stereocenters. The van der Waals surface area contributed by atoms with Crippen molar-refractivity contribution in [3.05, 3.63) is 53.1 Å². The molecule has 2 aromatic carbocycles. The zero-order valence-corrected chi connectivity index (χ0v) is 16.9.